The molecule has 0 unspecified atom stereocenters. The highest BCUT2D eigenvalue weighted by atomic mass is 32.1. The van der Waals surface area contributed by atoms with E-state index in [1.54, 1.807) is 42.7 Å². The molecule has 27 heavy (non-hydrogen) atoms. The average Bonchev–Trinajstić information content (AvgIpc) is 3.26. The minimum absolute atomic E-state index is 0.142. The standard InChI is InChI=1S/C20H14FN3O2S/c21-14-3-1-4-15(11-14)23-18-17(16-5-2-10-27-16)19(25)24(20(18)26)12-13-6-8-22-9-7-13/h1-11,23H,12H2. The maximum Gasteiger partial charge on any atom is 0.278 e. The quantitative estimate of drug-likeness (QED) is 0.687. The number of nitrogens with zero attached hydrogens (tertiary/aromatic N) is 2. The molecule has 1 aliphatic rings. The van der Waals surface area contributed by atoms with Crippen LogP contribution in [0.2, 0.25) is 0 Å². The number of nitrogens with one attached hydrogen (secondary N) is 1. The second kappa shape index (κ2) is 7.13. The number of anilines is 1. The Labute approximate surface area is 158 Å². The second-order valence-corrected chi connectivity index (χ2v) is 6.86. The molecule has 0 aliphatic carbocycles. The number of carbonyl (C=O) groups excluding carboxylic acids is 2. The Hall–Kier alpha value is -3.32. The lowest BCUT2D eigenvalue weighted by Gasteiger charge is -2.15. The van der Waals surface area contributed by atoms with Crippen LogP contribution in [-0.4, -0.2) is 21.7 Å². The van der Waals surface area contributed by atoms with E-state index in [1.165, 1.54) is 28.4 Å². The number of imide groups is 1. The topological polar surface area (TPSA) is 62.3 Å². The molecule has 2 amide bonds. The summed E-state index contributed by atoms with van der Waals surface area (Å²) in [5.41, 5.74) is 1.66. The third kappa shape index (κ3) is 3.37. The molecule has 5 nitrogen and oxygen atoms in total. The highest BCUT2D eigenvalue weighted by molar-refractivity contribution is 7.11. The Morgan fingerprint density at radius 1 is 1.04 bits per heavy atom. The largest absolute Gasteiger partial charge is 0.350 e. The summed E-state index contributed by atoms with van der Waals surface area (Å²) in [6.45, 7) is 0.142. The van der Waals surface area contributed by atoms with E-state index in [9.17, 15) is 14.0 Å². The fraction of sp³-hybridized carbons (Fsp3) is 0.0500. The van der Waals surface area contributed by atoms with E-state index in [0.29, 0.717) is 16.1 Å². The summed E-state index contributed by atoms with van der Waals surface area (Å²) in [5.74, 6) is -1.24. The third-order valence-corrected chi connectivity index (χ3v) is 5.01. The van der Waals surface area contributed by atoms with Gasteiger partial charge in [0.1, 0.15) is 11.5 Å². The van der Waals surface area contributed by atoms with Crippen molar-refractivity contribution in [2.45, 2.75) is 6.54 Å². The number of aromatic nitrogens is 1. The van der Waals surface area contributed by atoms with E-state index in [1.807, 2.05) is 11.4 Å². The van der Waals surface area contributed by atoms with Gasteiger partial charge in [0.05, 0.1) is 12.1 Å². The summed E-state index contributed by atoms with van der Waals surface area (Å²) in [6, 6.07) is 12.9. The smallest absolute Gasteiger partial charge is 0.278 e. The van der Waals surface area contributed by atoms with Crippen LogP contribution in [0.15, 0.2) is 72.0 Å². The lowest BCUT2D eigenvalue weighted by molar-refractivity contribution is -0.137. The van der Waals surface area contributed by atoms with E-state index < -0.39 is 11.7 Å². The van der Waals surface area contributed by atoms with Gasteiger partial charge in [-0.3, -0.25) is 19.5 Å². The van der Waals surface area contributed by atoms with Gasteiger partial charge in [-0.25, -0.2) is 4.39 Å². The highest BCUT2D eigenvalue weighted by Crippen LogP contribution is 2.33. The van der Waals surface area contributed by atoms with Crippen molar-refractivity contribution in [1.82, 2.24) is 9.88 Å². The number of carbonyl (C=O) groups is 2. The Kier molecular flexibility index (Phi) is 4.52. The normalized spacial score (nSPS) is 14.2. The van der Waals surface area contributed by atoms with E-state index >= 15 is 0 Å². The summed E-state index contributed by atoms with van der Waals surface area (Å²) in [4.78, 5) is 31.8. The Bertz CT molecular complexity index is 1030. The number of rotatable bonds is 5. The zero-order valence-electron chi connectivity index (χ0n) is 14.1. The first-order valence-corrected chi connectivity index (χ1v) is 9.07. The lowest BCUT2D eigenvalue weighted by atomic mass is 10.2. The number of pyridine rings is 1. The van der Waals surface area contributed by atoms with Gasteiger partial charge in [-0.2, -0.15) is 0 Å². The molecule has 0 spiro atoms. The van der Waals surface area contributed by atoms with Gasteiger partial charge in [0, 0.05) is 23.0 Å². The predicted molar refractivity (Wildman–Crippen MR) is 101 cm³/mol. The van der Waals surface area contributed by atoms with Crippen LogP contribution in [0.25, 0.3) is 5.57 Å². The number of hydrogen-bond donors (Lipinski definition) is 1. The van der Waals surface area contributed by atoms with Gasteiger partial charge >= 0.3 is 0 Å². The van der Waals surface area contributed by atoms with Crippen LogP contribution in [-0.2, 0) is 16.1 Å². The number of halogens is 1. The summed E-state index contributed by atoms with van der Waals surface area (Å²) < 4.78 is 13.5. The Balaban J connectivity index is 1.72. The summed E-state index contributed by atoms with van der Waals surface area (Å²) in [5, 5.41) is 4.78. The van der Waals surface area contributed by atoms with Crippen LogP contribution in [0.4, 0.5) is 10.1 Å². The van der Waals surface area contributed by atoms with Crippen molar-refractivity contribution in [2.24, 2.45) is 0 Å². The van der Waals surface area contributed by atoms with Gasteiger partial charge in [-0.1, -0.05) is 12.1 Å². The van der Waals surface area contributed by atoms with Crippen LogP contribution in [0.1, 0.15) is 10.4 Å². The van der Waals surface area contributed by atoms with Crippen molar-refractivity contribution < 1.29 is 14.0 Å². The van der Waals surface area contributed by atoms with Crippen LogP contribution >= 0.6 is 11.3 Å². The van der Waals surface area contributed by atoms with E-state index in [4.69, 9.17) is 0 Å². The van der Waals surface area contributed by atoms with E-state index in [-0.39, 0.29) is 18.1 Å². The second-order valence-electron chi connectivity index (χ2n) is 5.91. The van der Waals surface area contributed by atoms with Gasteiger partial charge in [-0.15, -0.1) is 11.3 Å². The van der Waals surface area contributed by atoms with Crippen molar-refractivity contribution in [3.8, 4) is 0 Å². The van der Waals surface area contributed by atoms with Gasteiger partial charge in [0.25, 0.3) is 11.8 Å². The minimum atomic E-state index is -0.440. The fourth-order valence-corrected chi connectivity index (χ4v) is 3.63. The molecule has 3 aromatic rings. The molecule has 3 heterocycles. The van der Waals surface area contributed by atoms with Crippen molar-refractivity contribution >= 4 is 34.4 Å². The summed E-state index contributed by atoms with van der Waals surface area (Å²) >= 11 is 1.37. The molecular formula is C20H14FN3O2S. The first-order chi connectivity index (χ1) is 13.1. The van der Waals surface area contributed by atoms with E-state index in [0.717, 1.165) is 5.56 Å². The average molecular weight is 379 g/mol. The van der Waals surface area contributed by atoms with Crippen molar-refractivity contribution in [2.75, 3.05) is 5.32 Å². The highest BCUT2D eigenvalue weighted by Gasteiger charge is 2.39. The maximum absolute atomic E-state index is 13.5. The molecule has 4 rings (SSSR count). The number of hydrogen-bond acceptors (Lipinski definition) is 5. The molecule has 1 aromatic carbocycles. The number of benzene rings is 1. The molecule has 7 heteroatoms. The van der Waals surface area contributed by atoms with Crippen LogP contribution in [0.3, 0.4) is 0 Å². The Morgan fingerprint density at radius 3 is 2.56 bits per heavy atom. The fourth-order valence-electron chi connectivity index (χ4n) is 2.87. The predicted octanol–water partition coefficient (Wildman–Crippen LogP) is 3.67. The molecule has 0 radical (unpaired) electrons. The molecule has 2 aromatic heterocycles. The monoisotopic (exact) mass is 379 g/mol. The molecule has 134 valence electrons. The van der Waals surface area contributed by atoms with Crippen LogP contribution < -0.4 is 5.32 Å². The van der Waals surface area contributed by atoms with Gasteiger partial charge < -0.3 is 5.32 Å². The Morgan fingerprint density at radius 2 is 1.85 bits per heavy atom. The zero-order chi connectivity index (χ0) is 18.8. The van der Waals surface area contributed by atoms with Gasteiger partial charge in [0.15, 0.2) is 0 Å². The first-order valence-electron chi connectivity index (χ1n) is 8.19. The molecule has 1 N–H and O–H groups in total. The SMILES string of the molecule is O=C1C(Nc2cccc(F)c2)=C(c2cccs2)C(=O)N1Cc1ccncc1. The van der Waals surface area contributed by atoms with E-state index in [2.05, 4.69) is 10.3 Å². The molecule has 0 saturated carbocycles. The summed E-state index contributed by atoms with van der Waals surface area (Å²) in [7, 11) is 0. The van der Waals surface area contributed by atoms with Crippen molar-refractivity contribution in [3.63, 3.8) is 0 Å². The summed E-state index contributed by atoms with van der Waals surface area (Å²) in [6.07, 6.45) is 3.22. The van der Waals surface area contributed by atoms with Crippen LogP contribution in [0, 0.1) is 5.82 Å². The zero-order valence-corrected chi connectivity index (χ0v) is 14.9. The number of amides is 2. The molecular weight excluding hydrogens is 365 g/mol. The lowest BCUT2D eigenvalue weighted by Crippen LogP contribution is -2.31. The molecule has 0 bridgehead atoms. The minimum Gasteiger partial charge on any atom is -0.350 e. The van der Waals surface area contributed by atoms with Crippen molar-refractivity contribution in [3.05, 3.63) is 88.3 Å². The van der Waals surface area contributed by atoms with Crippen LogP contribution in [0.5, 0.6) is 0 Å². The molecule has 0 atom stereocenters. The molecule has 0 saturated heterocycles. The molecule has 1 aliphatic heterocycles. The molecule has 0 fully saturated rings. The maximum atomic E-state index is 13.5. The third-order valence-electron chi connectivity index (χ3n) is 4.12. The van der Waals surface area contributed by atoms with Gasteiger partial charge in [-0.05, 0) is 47.3 Å². The van der Waals surface area contributed by atoms with Crippen molar-refractivity contribution in [1.29, 1.82) is 0 Å². The number of thiophene rings is 1. The van der Waals surface area contributed by atoms with Gasteiger partial charge in [0.2, 0.25) is 0 Å². The first kappa shape index (κ1) is 17.1.